The summed E-state index contributed by atoms with van der Waals surface area (Å²) in [4.78, 5) is 12.7. The van der Waals surface area contributed by atoms with E-state index in [1.54, 1.807) is 19.2 Å². The van der Waals surface area contributed by atoms with Crippen LogP contribution in [-0.2, 0) is 6.42 Å². The molecule has 0 aliphatic carbocycles. The molecule has 7 nitrogen and oxygen atoms in total. The number of aliphatic hydroxyl groups is 2. The molecule has 0 spiro atoms. The van der Waals surface area contributed by atoms with Gasteiger partial charge in [-0.15, -0.1) is 0 Å². The summed E-state index contributed by atoms with van der Waals surface area (Å²) in [5, 5.41) is 22.6. The van der Waals surface area contributed by atoms with E-state index in [0.29, 0.717) is 12.2 Å². The first-order chi connectivity index (χ1) is 13.0. The maximum atomic E-state index is 10.7. The molecule has 0 saturated carbocycles. The zero-order chi connectivity index (χ0) is 19.0. The standard InChI is InChI=1S/C20H21N5O2/c1-12(26)19(27)17(25-7-6-15-10-22-11-23-20(15)25)9-13-2-3-14-4-5-18(21)24-16(14)8-13/h2-8,10-12,17,19,26-27H,9H2,1H3,(H2,21,24)/t12-,17-,19-/m1/s1. The van der Waals surface area contributed by atoms with Gasteiger partial charge in [-0.1, -0.05) is 12.1 Å². The monoisotopic (exact) mass is 363 g/mol. The van der Waals surface area contributed by atoms with Crippen molar-refractivity contribution in [1.82, 2.24) is 19.5 Å². The first-order valence-electron chi connectivity index (χ1n) is 8.81. The van der Waals surface area contributed by atoms with Gasteiger partial charge in [0.25, 0.3) is 0 Å². The van der Waals surface area contributed by atoms with E-state index in [1.165, 1.54) is 6.33 Å². The highest BCUT2D eigenvalue weighted by Crippen LogP contribution is 2.27. The van der Waals surface area contributed by atoms with E-state index < -0.39 is 18.2 Å². The molecule has 0 aliphatic rings. The van der Waals surface area contributed by atoms with Crippen LogP contribution >= 0.6 is 0 Å². The van der Waals surface area contributed by atoms with Gasteiger partial charge < -0.3 is 20.5 Å². The fourth-order valence-corrected chi connectivity index (χ4v) is 3.42. The van der Waals surface area contributed by atoms with Gasteiger partial charge in [0.15, 0.2) is 0 Å². The zero-order valence-corrected chi connectivity index (χ0v) is 14.9. The van der Waals surface area contributed by atoms with E-state index in [0.717, 1.165) is 27.5 Å². The third-order valence-corrected chi connectivity index (χ3v) is 4.85. The summed E-state index contributed by atoms with van der Waals surface area (Å²) in [6.07, 6.45) is 3.74. The SMILES string of the molecule is C[C@@H](O)[C@@H](O)[C@@H](Cc1ccc2ccc(N)nc2c1)n1ccc2cncnc21. The summed E-state index contributed by atoms with van der Waals surface area (Å²) < 4.78 is 1.89. The lowest BCUT2D eigenvalue weighted by atomic mass is 9.97. The molecule has 0 bridgehead atoms. The number of nitrogens with zero attached hydrogens (tertiary/aromatic N) is 4. The number of nitrogens with two attached hydrogens (primary N) is 1. The van der Waals surface area contributed by atoms with Gasteiger partial charge in [-0.25, -0.2) is 15.0 Å². The Morgan fingerprint density at radius 2 is 1.93 bits per heavy atom. The van der Waals surface area contributed by atoms with E-state index >= 15 is 0 Å². The van der Waals surface area contributed by atoms with Crippen LogP contribution in [0.1, 0.15) is 18.5 Å². The Balaban J connectivity index is 1.75. The fourth-order valence-electron chi connectivity index (χ4n) is 3.42. The van der Waals surface area contributed by atoms with Crippen molar-refractivity contribution >= 4 is 27.8 Å². The van der Waals surface area contributed by atoms with Crippen LogP contribution in [-0.4, -0.2) is 41.9 Å². The van der Waals surface area contributed by atoms with E-state index in [2.05, 4.69) is 15.0 Å². The molecule has 0 radical (unpaired) electrons. The lowest BCUT2D eigenvalue weighted by Gasteiger charge is -2.27. The first-order valence-corrected chi connectivity index (χ1v) is 8.81. The third kappa shape index (κ3) is 3.34. The highest BCUT2D eigenvalue weighted by Gasteiger charge is 2.27. The maximum absolute atomic E-state index is 10.7. The maximum Gasteiger partial charge on any atom is 0.143 e. The predicted octanol–water partition coefficient (Wildman–Crippen LogP) is 2.09. The van der Waals surface area contributed by atoms with Crippen LogP contribution in [0.15, 0.2) is 55.1 Å². The Kier molecular flexibility index (Phi) is 4.47. The minimum absolute atomic E-state index is 0.393. The number of benzene rings is 1. The van der Waals surface area contributed by atoms with Crippen molar-refractivity contribution in [2.45, 2.75) is 31.6 Å². The minimum atomic E-state index is -0.958. The molecule has 138 valence electrons. The van der Waals surface area contributed by atoms with Crippen LogP contribution in [0.25, 0.3) is 21.9 Å². The minimum Gasteiger partial charge on any atom is -0.391 e. The predicted molar refractivity (Wildman–Crippen MR) is 104 cm³/mol. The lowest BCUT2D eigenvalue weighted by Crippen LogP contribution is -2.34. The van der Waals surface area contributed by atoms with Crippen molar-refractivity contribution in [2.75, 3.05) is 5.73 Å². The van der Waals surface area contributed by atoms with Crippen LogP contribution in [0, 0.1) is 0 Å². The number of rotatable bonds is 5. The number of fused-ring (bicyclic) bond motifs is 2. The largest absolute Gasteiger partial charge is 0.391 e. The van der Waals surface area contributed by atoms with E-state index in [9.17, 15) is 10.2 Å². The van der Waals surface area contributed by atoms with Crippen molar-refractivity contribution in [3.8, 4) is 0 Å². The smallest absolute Gasteiger partial charge is 0.143 e. The number of anilines is 1. The summed E-state index contributed by atoms with van der Waals surface area (Å²) in [5.74, 6) is 0.466. The zero-order valence-electron chi connectivity index (χ0n) is 14.9. The molecule has 3 aromatic heterocycles. The molecule has 0 amide bonds. The Morgan fingerprint density at radius 3 is 2.74 bits per heavy atom. The molecular formula is C20H21N5O2. The first kappa shape index (κ1) is 17.4. The van der Waals surface area contributed by atoms with Gasteiger partial charge in [0, 0.05) is 23.2 Å². The second kappa shape index (κ2) is 6.94. The average Bonchev–Trinajstić information content (AvgIpc) is 3.09. The number of nitrogen functional groups attached to an aromatic ring is 1. The number of hydrogen-bond acceptors (Lipinski definition) is 6. The molecule has 3 atom stereocenters. The van der Waals surface area contributed by atoms with Crippen molar-refractivity contribution in [1.29, 1.82) is 0 Å². The number of aromatic nitrogens is 4. The Bertz CT molecular complexity index is 1090. The van der Waals surface area contributed by atoms with E-state index in [-0.39, 0.29) is 0 Å². The summed E-state index contributed by atoms with van der Waals surface area (Å²) in [6.45, 7) is 1.58. The molecule has 4 rings (SSSR count). The number of hydrogen-bond donors (Lipinski definition) is 3. The molecule has 0 fully saturated rings. The molecule has 4 aromatic rings. The highest BCUT2D eigenvalue weighted by molar-refractivity contribution is 5.80. The van der Waals surface area contributed by atoms with Gasteiger partial charge in [0.2, 0.25) is 0 Å². The summed E-state index contributed by atoms with van der Waals surface area (Å²) in [5.41, 5.74) is 8.31. The topological polar surface area (TPSA) is 110 Å². The molecule has 0 unspecified atom stereocenters. The summed E-state index contributed by atoms with van der Waals surface area (Å²) in [6, 6.07) is 11.2. The van der Waals surface area contributed by atoms with Gasteiger partial charge in [0.05, 0.1) is 17.7 Å². The Hall–Kier alpha value is -3.03. The number of aliphatic hydroxyl groups excluding tert-OH is 2. The van der Waals surface area contributed by atoms with Crippen molar-refractivity contribution in [3.63, 3.8) is 0 Å². The quantitative estimate of drug-likeness (QED) is 0.501. The van der Waals surface area contributed by atoms with Crippen LogP contribution in [0.5, 0.6) is 0 Å². The molecule has 4 N–H and O–H groups in total. The van der Waals surface area contributed by atoms with E-state index in [1.807, 2.05) is 41.1 Å². The molecule has 7 heteroatoms. The highest BCUT2D eigenvalue weighted by atomic mass is 16.3. The third-order valence-electron chi connectivity index (χ3n) is 4.85. The number of pyridine rings is 1. The Labute approximate surface area is 156 Å². The molecule has 0 saturated heterocycles. The lowest BCUT2D eigenvalue weighted by molar-refractivity contribution is -0.00202. The van der Waals surface area contributed by atoms with Crippen LogP contribution in [0.2, 0.25) is 0 Å². The van der Waals surface area contributed by atoms with E-state index in [4.69, 9.17) is 5.73 Å². The second-order valence-electron chi connectivity index (χ2n) is 6.79. The van der Waals surface area contributed by atoms with Crippen molar-refractivity contribution in [3.05, 3.63) is 60.7 Å². The molecule has 0 aliphatic heterocycles. The average molecular weight is 363 g/mol. The van der Waals surface area contributed by atoms with Crippen molar-refractivity contribution in [2.24, 2.45) is 0 Å². The van der Waals surface area contributed by atoms with Gasteiger partial charge in [-0.3, -0.25) is 0 Å². The van der Waals surface area contributed by atoms with Crippen molar-refractivity contribution < 1.29 is 10.2 Å². The fraction of sp³-hybridized carbons (Fsp3) is 0.250. The molecule has 3 heterocycles. The molecular weight excluding hydrogens is 342 g/mol. The molecule has 27 heavy (non-hydrogen) atoms. The van der Waals surface area contributed by atoms with Gasteiger partial charge in [-0.05, 0) is 43.2 Å². The van der Waals surface area contributed by atoms with Crippen LogP contribution in [0.3, 0.4) is 0 Å². The van der Waals surface area contributed by atoms with Gasteiger partial charge >= 0.3 is 0 Å². The normalized spacial score (nSPS) is 15.1. The van der Waals surface area contributed by atoms with Crippen LogP contribution in [0.4, 0.5) is 5.82 Å². The molecule has 1 aromatic carbocycles. The summed E-state index contributed by atoms with van der Waals surface area (Å²) in [7, 11) is 0. The summed E-state index contributed by atoms with van der Waals surface area (Å²) >= 11 is 0. The second-order valence-corrected chi connectivity index (χ2v) is 6.79. The van der Waals surface area contributed by atoms with Gasteiger partial charge in [-0.2, -0.15) is 0 Å². The van der Waals surface area contributed by atoms with Gasteiger partial charge in [0.1, 0.15) is 23.9 Å². The van der Waals surface area contributed by atoms with Crippen LogP contribution < -0.4 is 5.73 Å². The Morgan fingerprint density at radius 1 is 1.11 bits per heavy atom.